The van der Waals surface area contributed by atoms with Gasteiger partial charge in [-0.05, 0) is 34.6 Å². The monoisotopic (exact) mass is 311 g/mol. The van der Waals surface area contributed by atoms with E-state index in [0.29, 0.717) is 6.61 Å². The van der Waals surface area contributed by atoms with Gasteiger partial charge in [-0.1, -0.05) is 5.16 Å². The van der Waals surface area contributed by atoms with E-state index >= 15 is 0 Å². The van der Waals surface area contributed by atoms with Crippen LogP contribution in [0.2, 0.25) is 0 Å². The molecule has 1 heterocycles. The number of nitrogens with one attached hydrogen (secondary N) is 2. The SMILES string of the molecule is CCONC=COC(=O)c1c(C)noc1C(=O)NC(C)(C)C. The number of carbonyl (C=O) groups is 2. The van der Waals surface area contributed by atoms with Gasteiger partial charge in [-0.2, -0.15) is 0 Å². The van der Waals surface area contributed by atoms with E-state index in [1.54, 1.807) is 13.8 Å². The van der Waals surface area contributed by atoms with Crippen LogP contribution in [0.4, 0.5) is 0 Å². The van der Waals surface area contributed by atoms with Crippen LogP contribution in [-0.4, -0.2) is 29.2 Å². The predicted molar refractivity (Wildman–Crippen MR) is 77.8 cm³/mol. The molecule has 22 heavy (non-hydrogen) atoms. The molecular weight excluding hydrogens is 290 g/mol. The maximum Gasteiger partial charge on any atom is 0.349 e. The molecule has 1 amide bonds. The minimum absolute atomic E-state index is 0.0113. The number of aromatic nitrogens is 1. The Morgan fingerprint density at radius 3 is 2.64 bits per heavy atom. The Morgan fingerprint density at radius 1 is 1.36 bits per heavy atom. The number of esters is 1. The minimum Gasteiger partial charge on any atom is -0.429 e. The van der Waals surface area contributed by atoms with Gasteiger partial charge in [0.25, 0.3) is 5.91 Å². The molecule has 0 unspecified atom stereocenters. The smallest absolute Gasteiger partial charge is 0.349 e. The molecule has 1 aromatic rings. The molecule has 0 fully saturated rings. The van der Waals surface area contributed by atoms with Crippen LogP contribution >= 0.6 is 0 Å². The molecule has 0 bridgehead atoms. The number of amides is 1. The second-order valence-corrected chi connectivity index (χ2v) is 5.44. The Morgan fingerprint density at radius 2 is 2.05 bits per heavy atom. The average molecular weight is 311 g/mol. The predicted octanol–water partition coefficient (Wildman–Crippen LogP) is 1.68. The Kier molecular flexibility index (Phi) is 6.11. The summed E-state index contributed by atoms with van der Waals surface area (Å²) in [7, 11) is 0. The van der Waals surface area contributed by atoms with Crippen molar-refractivity contribution in [1.29, 1.82) is 0 Å². The molecule has 8 nitrogen and oxygen atoms in total. The highest BCUT2D eigenvalue weighted by atomic mass is 16.6. The normalized spacial score (nSPS) is 11.5. The fraction of sp³-hybridized carbons (Fsp3) is 0.500. The molecule has 0 aliphatic heterocycles. The van der Waals surface area contributed by atoms with E-state index in [2.05, 4.69) is 16.0 Å². The van der Waals surface area contributed by atoms with Crippen molar-refractivity contribution in [2.75, 3.05) is 6.61 Å². The topological polar surface area (TPSA) is 103 Å². The fourth-order valence-corrected chi connectivity index (χ4v) is 1.48. The first-order valence-electron chi connectivity index (χ1n) is 6.78. The van der Waals surface area contributed by atoms with Crippen molar-refractivity contribution in [3.05, 3.63) is 29.5 Å². The largest absolute Gasteiger partial charge is 0.429 e. The summed E-state index contributed by atoms with van der Waals surface area (Å²) in [6, 6.07) is 0. The van der Waals surface area contributed by atoms with E-state index in [1.807, 2.05) is 20.8 Å². The highest BCUT2D eigenvalue weighted by Crippen LogP contribution is 2.16. The third-order valence-corrected chi connectivity index (χ3v) is 2.30. The maximum atomic E-state index is 12.1. The number of ether oxygens (including phenoxy) is 1. The number of carbonyl (C=O) groups excluding carboxylic acids is 2. The Balaban J connectivity index is 2.82. The van der Waals surface area contributed by atoms with Crippen LogP contribution in [0, 0.1) is 6.92 Å². The van der Waals surface area contributed by atoms with Crippen LogP contribution < -0.4 is 10.8 Å². The third-order valence-electron chi connectivity index (χ3n) is 2.30. The summed E-state index contributed by atoms with van der Waals surface area (Å²) < 4.78 is 9.83. The van der Waals surface area contributed by atoms with Crippen molar-refractivity contribution in [3.8, 4) is 0 Å². The number of hydrogen-bond donors (Lipinski definition) is 2. The Bertz CT molecular complexity index is 557. The number of hydrogen-bond acceptors (Lipinski definition) is 7. The van der Waals surface area contributed by atoms with Crippen molar-refractivity contribution in [1.82, 2.24) is 16.0 Å². The third kappa shape index (κ3) is 5.21. The first-order valence-corrected chi connectivity index (χ1v) is 6.78. The van der Waals surface area contributed by atoms with Gasteiger partial charge in [-0.25, -0.2) is 4.79 Å². The summed E-state index contributed by atoms with van der Waals surface area (Å²) in [4.78, 5) is 29.0. The lowest BCUT2D eigenvalue weighted by molar-refractivity contribution is 0.0623. The van der Waals surface area contributed by atoms with Crippen molar-refractivity contribution in [2.45, 2.75) is 40.2 Å². The van der Waals surface area contributed by atoms with Gasteiger partial charge in [0.15, 0.2) is 0 Å². The van der Waals surface area contributed by atoms with Gasteiger partial charge in [0.2, 0.25) is 5.76 Å². The van der Waals surface area contributed by atoms with E-state index in [4.69, 9.17) is 14.1 Å². The lowest BCUT2D eigenvalue weighted by atomic mass is 10.1. The molecule has 0 aliphatic rings. The second kappa shape index (κ2) is 7.60. The molecule has 0 saturated heterocycles. The maximum absolute atomic E-state index is 12.1. The minimum atomic E-state index is -0.743. The molecule has 122 valence electrons. The summed E-state index contributed by atoms with van der Waals surface area (Å²) in [5.41, 5.74) is 2.23. The number of aryl methyl sites for hydroxylation is 1. The molecule has 0 spiro atoms. The summed E-state index contributed by atoms with van der Waals surface area (Å²) in [5, 5.41) is 6.34. The molecule has 1 rings (SSSR count). The molecule has 0 aromatic carbocycles. The second-order valence-electron chi connectivity index (χ2n) is 5.44. The van der Waals surface area contributed by atoms with Crippen molar-refractivity contribution in [2.24, 2.45) is 0 Å². The summed E-state index contributed by atoms with van der Waals surface area (Å²) >= 11 is 0. The summed E-state index contributed by atoms with van der Waals surface area (Å²) in [6.07, 6.45) is 2.41. The zero-order chi connectivity index (χ0) is 16.8. The van der Waals surface area contributed by atoms with Gasteiger partial charge in [-0.3, -0.25) is 15.1 Å². The lowest BCUT2D eigenvalue weighted by Crippen LogP contribution is -2.41. The molecule has 2 N–H and O–H groups in total. The number of hydroxylamine groups is 1. The van der Waals surface area contributed by atoms with Crippen LogP contribution in [0.25, 0.3) is 0 Å². The molecule has 0 radical (unpaired) electrons. The van der Waals surface area contributed by atoms with Crippen molar-refractivity contribution in [3.63, 3.8) is 0 Å². The zero-order valence-electron chi connectivity index (χ0n) is 13.4. The lowest BCUT2D eigenvalue weighted by Gasteiger charge is -2.19. The van der Waals surface area contributed by atoms with Gasteiger partial charge >= 0.3 is 5.97 Å². The fourth-order valence-electron chi connectivity index (χ4n) is 1.48. The number of nitrogens with zero attached hydrogens (tertiary/aromatic N) is 1. The van der Waals surface area contributed by atoms with Gasteiger partial charge in [-0.15, -0.1) is 0 Å². The zero-order valence-corrected chi connectivity index (χ0v) is 13.4. The van der Waals surface area contributed by atoms with Crippen molar-refractivity contribution < 1.29 is 23.7 Å². The molecule has 0 saturated carbocycles. The van der Waals surface area contributed by atoms with E-state index in [-0.39, 0.29) is 17.0 Å². The van der Waals surface area contributed by atoms with Crippen LogP contribution in [0.1, 0.15) is 54.3 Å². The van der Waals surface area contributed by atoms with E-state index < -0.39 is 17.4 Å². The number of rotatable bonds is 6. The van der Waals surface area contributed by atoms with Crippen LogP contribution in [0.3, 0.4) is 0 Å². The standard InChI is InChI=1S/C14H21N3O5/c1-6-21-15-7-8-20-13(19)10-9(2)17-22-11(10)12(18)16-14(3,4)5/h7-8,15H,6H2,1-5H3,(H,16,18). The summed E-state index contributed by atoms with van der Waals surface area (Å²) in [5.74, 6) is -1.45. The molecular formula is C14H21N3O5. The van der Waals surface area contributed by atoms with Crippen LogP contribution in [-0.2, 0) is 9.57 Å². The van der Waals surface area contributed by atoms with Gasteiger partial charge in [0.05, 0.1) is 18.5 Å². The van der Waals surface area contributed by atoms with Gasteiger partial charge < -0.3 is 14.6 Å². The molecule has 0 atom stereocenters. The highest BCUT2D eigenvalue weighted by molar-refractivity contribution is 6.04. The Labute approximate surface area is 128 Å². The molecule has 1 aromatic heterocycles. The van der Waals surface area contributed by atoms with E-state index in [0.717, 1.165) is 6.26 Å². The quantitative estimate of drug-likeness (QED) is 0.356. The van der Waals surface area contributed by atoms with Crippen LogP contribution in [0.5, 0.6) is 0 Å². The van der Waals surface area contributed by atoms with Crippen molar-refractivity contribution >= 4 is 11.9 Å². The van der Waals surface area contributed by atoms with E-state index in [9.17, 15) is 9.59 Å². The van der Waals surface area contributed by atoms with Crippen LogP contribution in [0.15, 0.2) is 17.0 Å². The van der Waals surface area contributed by atoms with E-state index in [1.165, 1.54) is 6.20 Å². The first kappa shape index (κ1) is 17.7. The highest BCUT2D eigenvalue weighted by Gasteiger charge is 2.28. The summed E-state index contributed by atoms with van der Waals surface area (Å²) in [6.45, 7) is 9.25. The average Bonchev–Trinajstić information content (AvgIpc) is 2.78. The molecule has 8 heteroatoms. The molecule has 0 aliphatic carbocycles. The Hall–Kier alpha value is -2.35. The van der Waals surface area contributed by atoms with Gasteiger partial charge in [0.1, 0.15) is 11.8 Å². The van der Waals surface area contributed by atoms with Gasteiger partial charge in [0, 0.05) is 5.54 Å². The first-order chi connectivity index (χ1) is 10.3.